The van der Waals surface area contributed by atoms with E-state index >= 15 is 0 Å². The zero-order valence-corrected chi connectivity index (χ0v) is 11.5. The van der Waals surface area contributed by atoms with Crippen molar-refractivity contribution in [3.8, 4) is 0 Å². The maximum Gasteiger partial charge on any atom is 0.206 e. The van der Waals surface area contributed by atoms with Crippen molar-refractivity contribution in [2.24, 2.45) is 5.73 Å². The molecule has 2 rings (SSSR count). The van der Waals surface area contributed by atoms with Gasteiger partial charge in [-0.1, -0.05) is 6.07 Å². The van der Waals surface area contributed by atoms with Crippen LogP contribution in [0.2, 0.25) is 0 Å². The lowest BCUT2D eigenvalue weighted by molar-refractivity contribution is 0.694. The Labute approximate surface area is 108 Å². The van der Waals surface area contributed by atoms with Crippen molar-refractivity contribution in [2.75, 3.05) is 24.5 Å². The number of aryl methyl sites for hydroxylation is 1. The second-order valence-electron chi connectivity index (χ2n) is 4.52. The molecule has 18 heavy (non-hydrogen) atoms. The van der Waals surface area contributed by atoms with Gasteiger partial charge in [0.2, 0.25) is 5.95 Å². The molecule has 0 radical (unpaired) electrons. The van der Waals surface area contributed by atoms with Gasteiger partial charge in [0, 0.05) is 26.2 Å². The third-order valence-corrected chi connectivity index (χ3v) is 3.28. The molecule has 0 aliphatic heterocycles. The maximum atomic E-state index is 5.73. The molecule has 4 nitrogen and oxygen atoms in total. The normalized spacial score (nSPS) is 11.1. The number of rotatable bonds is 5. The molecule has 4 heteroatoms. The topological polar surface area (TPSA) is 47.1 Å². The number of fused-ring (bicyclic) bond motifs is 1. The summed E-state index contributed by atoms with van der Waals surface area (Å²) >= 11 is 0. The van der Waals surface area contributed by atoms with Crippen molar-refractivity contribution >= 4 is 17.0 Å². The fraction of sp³-hybridized carbons (Fsp3) is 0.500. The van der Waals surface area contributed by atoms with Crippen LogP contribution in [-0.2, 0) is 6.54 Å². The quantitative estimate of drug-likeness (QED) is 0.879. The van der Waals surface area contributed by atoms with Crippen LogP contribution in [0.15, 0.2) is 18.2 Å². The van der Waals surface area contributed by atoms with Gasteiger partial charge in [-0.25, -0.2) is 4.98 Å². The fourth-order valence-electron chi connectivity index (χ4n) is 2.32. The molecule has 0 unspecified atom stereocenters. The lowest BCUT2D eigenvalue weighted by Crippen LogP contribution is -2.26. The van der Waals surface area contributed by atoms with E-state index in [1.807, 2.05) is 0 Å². The molecule has 1 aromatic heterocycles. The summed E-state index contributed by atoms with van der Waals surface area (Å²) in [5.74, 6) is 1.03. The molecule has 2 aromatic rings. The molecule has 0 aliphatic rings. The van der Waals surface area contributed by atoms with Gasteiger partial charge in [-0.15, -0.1) is 0 Å². The number of hydrogen-bond acceptors (Lipinski definition) is 3. The average Bonchev–Trinajstić information content (AvgIpc) is 2.70. The van der Waals surface area contributed by atoms with E-state index in [4.69, 9.17) is 10.7 Å². The minimum atomic E-state index is 0.633. The van der Waals surface area contributed by atoms with Gasteiger partial charge in [0.25, 0.3) is 0 Å². The molecule has 0 saturated carbocycles. The van der Waals surface area contributed by atoms with Crippen molar-refractivity contribution < 1.29 is 0 Å². The van der Waals surface area contributed by atoms with Crippen molar-refractivity contribution in [2.45, 2.75) is 27.3 Å². The van der Waals surface area contributed by atoms with Gasteiger partial charge in [-0.3, -0.25) is 0 Å². The summed E-state index contributed by atoms with van der Waals surface area (Å²) in [6, 6.07) is 6.40. The predicted octanol–water partition coefficient (Wildman–Crippen LogP) is 2.15. The summed E-state index contributed by atoms with van der Waals surface area (Å²) in [7, 11) is 0. The van der Waals surface area contributed by atoms with Crippen molar-refractivity contribution in [1.29, 1.82) is 0 Å². The van der Waals surface area contributed by atoms with E-state index < -0.39 is 0 Å². The zero-order valence-electron chi connectivity index (χ0n) is 11.5. The van der Waals surface area contributed by atoms with E-state index in [1.54, 1.807) is 0 Å². The summed E-state index contributed by atoms with van der Waals surface area (Å²) in [6.07, 6.45) is 0. The highest BCUT2D eigenvalue weighted by Crippen LogP contribution is 2.23. The Morgan fingerprint density at radius 1 is 1.28 bits per heavy atom. The monoisotopic (exact) mass is 246 g/mol. The van der Waals surface area contributed by atoms with E-state index in [-0.39, 0.29) is 0 Å². The summed E-state index contributed by atoms with van der Waals surface area (Å²) in [5.41, 5.74) is 9.20. The molecule has 2 N–H and O–H groups in total. The minimum absolute atomic E-state index is 0.633. The molecule has 0 spiro atoms. The van der Waals surface area contributed by atoms with Crippen molar-refractivity contribution in [3.05, 3.63) is 23.8 Å². The van der Waals surface area contributed by atoms with E-state index in [9.17, 15) is 0 Å². The number of hydrogen-bond donors (Lipinski definition) is 1. The molecule has 0 amide bonds. The summed E-state index contributed by atoms with van der Waals surface area (Å²) in [6.45, 7) is 9.77. The van der Waals surface area contributed by atoms with Gasteiger partial charge in [0.05, 0.1) is 11.0 Å². The lowest BCUT2D eigenvalue weighted by atomic mass is 10.2. The molecule has 0 saturated heterocycles. The lowest BCUT2D eigenvalue weighted by Gasteiger charge is -2.21. The van der Waals surface area contributed by atoms with Crippen LogP contribution >= 0.6 is 0 Å². The first-order valence-corrected chi connectivity index (χ1v) is 6.63. The highest BCUT2D eigenvalue weighted by atomic mass is 15.3. The molecule has 1 aromatic carbocycles. The van der Waals surface area contributed by atoms with E-state index in [1.165, 1.54) is 11.1 Å². The molecule has 1 heterocycles. The van der Waals surface area contributed by atoms with Gasteiger partial charge in [-0.2, -0.15) is 0 Å². The SMILES string of the molecule is CCN(CC)c1nc2cc(C)ccc2n1CCN. The fourth-order valence-corrected chi connectivity index (χ4v) is 2.32. The number of benzene rings is 1. The zero-order chi connectivity index (χ0) is 13.1. The van der Waals surface area contributed by atoms with Crippen molar-refractivity contribution in [3.63, 3.8) is 0 Å². The second-order valence-corrected chi connectivity index (χ2v) is 4.52. The Balaban J connectivity index is 2.59. The standard InChI is InChI=1S/C14H22N4/c1-4-17(5-2)14-16-12-10-11(3)6-7-13(12)18(14)9-8-15/h6-7,10H,4-5,8-9,15H2,1-3H3. The van der Waals surface area contributed by atoms with E-state index in [0.717, 1.165) is 31.1 Å². The van der Waals surface area contributed by atoms with Gasteiger partial charge in [0.1, 0.15) is 0 Å². The summed E-state index contributed by atoms with van der Waals surface area (Å²) in [5, 5.41) is 0. The molecule has 0 bridgehead atoms. The highest BCUT2D eigenvalue weighted by molar-refractivity contribution is 5.79. The first-order chi connectivity index (χ1) is 8.71. The van der Waals surface area contributed by atoms with Crippen LogP contribution in [0.1, 0.15) is 19.4 Å². The van der Waals surface area contributed by atoms with Crippen LogP contribution in [0, 0.1) is 6.92 Å². The van der Waals surface area contributed by atoms with E-state index in [0.29, 0.717) is 6.54 Å². The van der Waals surface area contributed by atoms with Gasteiger partial charge in [0.15, 0.2) is 0 Å². The molecule has 0 aliphatic carbocycles. The third-order valence-electron chi connectivity index (χ3n) is 3.28. The smallest absolute Gasteiger partial charge is 0.206 e. The Hall–Kier alpha value is -1.55. The Morgan fingerprint density at radius 3 is 2.61 bits per heavy atom. The number of imidazole rings is 1. The Bertz CT molecular complexity index is 526. The molecule has 0 fully saturated rings. The third kappa shape index (κ3) is 2.20. The second kappa shape index (κ2) is 5.40. The first-order valence-electron chi connectivity index (χ1n) is 6.63. The predicted molar refractivity (Wildman–Crippen MR) is 77.1 cm³/mol. The first kappa shape index (κ1) is 12.9. The van der Waals surface area contributed by atoms with Crippen LogP contribution < -0.4 is 10.6 Å². The average molecular weight is 246 g/mol. The molecular weight excluding hydrogens is 224 g/mol. The Kier molecular flexibility index (Phi) is 3.87. The summed E-state index contributed by atoms with van der Waals surface area (Å²) < 4.78 is 2.22. The molecule has 0 atom stereocenters. The van der Waals surface area contributed by atoms with Crippen LogP contribution in [-0.4, -0.2) is 29.2 Å². The van der Waals surface area contributed by atoms with Crippen molar-refractivity contribution in [1.82, 2.24) is 9.55 Å². The minimum Gasteiger partial charge on any atom is -0.343 e. The van der Waals surface area contributed by atoms with Crippen LogP contribution in [0.4, 0.5) is 5.95 Å². The molecular formula is C14H22N4. The number of anilines is 1. The Morgan fingerprint density at radius 2 is 2.00 bits per heavy atom. The van der Waals surface area contributed by atoms with Gasteiger partial charge < -0.3 is 15.2 Å². The summed E-state index contributed by atoms with van der Waals surface area (Å²) in [4.78, 5) is 7.04. The maximum absolute atomic E-state index is 5.73. The number of nitrogens with zero attached hydrogens (tertiary/aromatic N) is 3. The highest BCUT2D eigenvalue weighted by Gasteiger charge is 2.14. The number of aromatic nitrogens is 2. The van der Waals surface area contributed by atoms with Crippen LogP contribution in [0.5, 0.6) is 0 Å². The largest absolute Gasteiger partial charge is 0.343 e. The van der Waals surface area contributed by atoms with Crippen LogP contribution in [0.3, 0.4) is 0 Å². The van der Waals surface area contributed by atoms with E-state index in [2.05, 4.69) is 48.4 Å². The van der Waals surface area contributed by atoms with Gasteiger partial charge in [-0.05, 0) is 38.5 Å². The molecule has 98 valence electrons. The number of nitrogens with two attached hydrogens (primary N) is 1. The van der Waals surface area contributed by atoms with Gasteiger partial charge >= 0.3 is 0 Å². The van der Waals surface area contributed by atoms with Crippen LogP contribution in [0.25, 0.3) is 11.0 Å².